The third-order valence-electron chi connectivity index (χ3n) is 3.15. The third-order valence-corrected chi connectivity index (χ3v) is 3.15. The van der Waals surface area contributed by atoms with E-state index in [-0.39, 0.29) is 18.5 Å². The summed E-state index contributed by atoms with van der Waals surface area (Å²) in [6.45, 7) is 2.83. The predicted molar refractivity (Wildman–Crippen MR) is 70.0 cm³/mol. The minimum Gasteiger partial charge on any atom is -0.462 e. The largest absolute Gasteiger partial charge is 0.462 e. The van der Waals surface area contributed by atoms with E-state index in [4.69, 9.17) is 9.47 Å². The van der Waals surface area contributed by atoms with Crippen molar-refractivity contribution < 1.29 is 19.1 Å². The van der Waals surface area contributed by atoms with Gasteiger partial charge in [-0.25, -0.2) is 9.59 Å². The Morgan fingerprint density at radius 1 is 1.32 bits per heavy atom. The van der Waals surface area contributed by atoms with Gasteiger partial charge in [0.05, 0.1) is 17.7 Å². The number of hydrogen-bond acceptors (Lipinski definition) is 4. The molecular weight excluding hydrogens is 244 g/mol. The van der Waals surface area contributed by atoms with E-state index in [0.29, 0.717) is 17.7 Å². The van der Waals surface area contributed by atoms with Crippen molar-refractivity contribution in [2.24, 2.45) is 0 Å². The minimum absolute atomic E-state index is 0.242. The molecule has 0 unspecified atom stereocenters. The molecule has 0 aliphatic carbocycles. The van der Waals surface area contributed by atoms with Crippen LogP contribution in [0.4, 0.5) is 0 Å². The fraction of sp³-hybridized carbons (Fsp3) is 0.467. The molecule has 1 aromatic carbocycles. The molecular formula is C15H18O4. The maximum absolute atomic E-state index is 11.8. The van der Waals surface area contributed by atoms with E-state index in [1.54, 1.807) is 18.2 Å². The van der Waals surface area contributed by atoms with Gasteiger partial charge in [0.15, 0.2) is 0 Å². The Hall–Kier alpha value is -1.84. The van der Waals surface area contributed by atoms with Crippen molar-refractivity contribution in [1.29, 1.82) is 0 Å². The summed E-state index contributed by atoms with van der Waals surface area (Å²) >= 11 is 0. The molecule has 0 aromatic heterocycles. The van der Waals surface area contributed by atoms with E-state index in [1.807, 2.05) is 0 Å². The smallest absolute Gasteiger partial charge is 0.338 e. The summed E-state index contributed by atoms with van der Waals surface area (Å²) in [5, 5.41) is 0. The highest BCUT2D eigenvalue weighted by Gasteiger charge is 2.22. The lowest BCUT2D eigenvalue weighted by molar-refractivity contribution is 0.0496. The van der Waals surface area contributed by atoms with Crippen molar-refractivity contribution in [3.8, 4) is 0 Å². The van der Waals surface area contributed by atoms with Gasteiger partial charge in [-0.1, -0.05) is 26.2 Å². The number of unbranched alkanes of at least 4 members (excludes halogenated alkanes) is 3. The first kappa shape index (κ1) is 13.6. The second kappa shape index (κ2) is 6.36. The van der Waals surface area contributed by atoms with Gasteiger partial charge in [-0.3, -0.25) is 0 Å². The summed E-state index contributed by atoms with van der Waals surface area (Å²) in [6, 6.07) is 4.91. The molecule has 1 aliphatic heterocycles. The van der Waals surface area contributed by atoms with Gasteiger partial charge in [-0.15, -0.1) is 0 Å². The minimum atomic E-state index is -0.335. The van der Waals surface area contributed by atoms with Gasteiger partial charge in [-0.2, -0.15) is 0 Å². The van der Waals surface area contributed by atoms with Crippen molar-refractivity contribution in [3.05, 3.63) is 34.9 Å². The molecule has 4 nitrogen and oxygen atoms in total. The Bertz CT molecular complexity index is 479. The molecule has 19 heavy (non-hydrogen) atoms. The van der Waals surface area contributed by atoms with Crippen LogP contribution in [0.3, 0.4) is 0 Å². The van der Waals surface area contributed by atoms with Crippen molar-refractivity contribution in [2.75, 3.05) is 6.61 Å². The predicted octanol–water partition coefficient (Wildman–Crippen LogP) is 3.09. The van der Waals surface area contributed by atoms with Crippen molar-refractivity contribution >= 4 is 11.9 Å². The Morgan fingerprint density at radius 3 is 2.95 bits per heavy atom. The van der Waals surface area contributed by atoms with Crippen LogP contribution in [0.5, 0.6) is 0 Å². The summed E-state index contributed by atoms with van der Waals surface area (Å²) in [4.78, 5) is 23.1. The van der Waals surface area contributed by atoms with Crippen LogP contribution < -0.4 is 0 Å². The van der Waals surface area contributed by atoms with Crippen LogP contribution in [-0.2, 0) is 16.1 Å². The van der Waals surface area contributed by atoms with E-state index in [2.05, 4.69) is 6.92 Å². The SMILES string of the molecule is CCCCCCOC(=O)c1ccc2c(c1)COC2=O. The number of cyclic esters (lactones) is 1. The van der Waals surface area contributed by atoms with Crippen LogP contribution in [0.2, 0.25) is 0 Å². The molecule has 0 amide bonds. The normalized spacial score (nSPS) is 13.0. The Labute approximate surface area is 112 Å². The van der Waals surface area contributed by atoms with Gasteiger partial charge >= 0.3 is 11.9 Å². The van der Waals surface area contributed by atoms with E-state index in [1.165, 1.54) is 0 Å². The van der Waals surface area contributed by atoms with E-state index >= 15 is 0 Å². The molecule has 4 heteroatoms. The topological polar surface area (TPSA) is 52.6 Å². The Balaban J connectivity index is 1.88. The molecule has 0 bridgehead atoms. The summed E-state index contributed by atoms with van der Waals surface area (Å²) < 4.78 is 10.1. The molecule has 1 heterocycles. The van der Waals surface area contributed by atoms with Crippen LogP contribution in [0.25, 0.3) is 0 Å². The number of carbonyl (C=O) groups excluding carboxylic acids is 2. The van der Waals surface area contributed by atoms with E-state index < -0.39 is 0 Å². The number of hydrogen-bond donors (Lipinski definition) is 0. The monoisotopic (exact) mass is 262 g/mol. The van der Waals surface area contributed by atoms with Gasteiger partial charge in [0.2, 0.25) is 0 Å². The van der Waals surface area contributed by atoms with Crippen LogP contribution in [0, 0.1) is 0 Å². The standard InChI is InChI=1S/C15H18O4/c1-2-3-4-5-8-18-14(16)11-6-7-13-12(9-11)10-19-15(13)17/h6-7,9H,2-5,8,10H2,1H3. The van der Waals surface area contributed by atoms with Crippen LogP contribution in [0.1, 0.15) is 58.9 Å². The zero-order chi connectivity index (χ0) is 13.7. The average Bonchev–Trinajstić information content (AvgIpc) is 2.79. The average molecular weight is 262 g/mol. The molecule has 0 fully saturated rings. The molecule has 1 aliphatic rings. The lowest BCUT2D eigenvalue weighted by Gasteiger charge is -2.05. The summed E-state index contributed by atoms with van der Waals surface area (Å²) in [7, 11) is 0. The van der Waals surface area contributed by atoms with Gasteiger partial charge in [-0.05, 0) is 24.6 Å². The Morgan fingerprint density at radius 2 is 2.16 bits per heavy atom. The van der Waals surface area contributed by atoms with Gasteiger partial charge in [0.1, 0.15) is 6.61 Å². The number of fused-ring (bicyclic) bond motifs is 1. The first-order valence-corrected chi connectivity index (χ1v) is 6.69. The zero-order valence-electron chi connectivity index (χ0n) is 11.1. The van der Waals surface area contributed by atoms with Crippen molar-refractivity contribution in [1.82, 2.24) is 0 Å². The molecule has 102 valence electrons. The highest BCUT2D eigenvalue weighted by molar-refractivity contribution is 5.96. The van der Waals surface area contributed by atoms with Gasteiger partial charge < -0.3 is 9.47 Å². The van der Waals surface area contributed by atoms with Crippen LogP contribution >= 0.6 is 0 Å². The first-order chi connectivity index (χ1) is 9.22. The maximum Gasteiger partial charge on any atom is 0.338 e. The van der Waals surface area contributed by atoms with Crippen molar-refractivity contribution in [3.63, 3.8) is 0 Å². The quantitative estimate of drug-likeness (QED) is 0.584. The molecule has 0 saturated heterocycles. The number of carbonyl (C=O) groups is 2. The number of rotatable bonds is 6. The summed E-state index contributed by atoms with van der Waals surface area (Å²) in [6.07, 6.45) is 4.30. The summed E-state index contributed by atoms with van der Waals surface area (Å²) in [5.74, 6) is -0.659. The van der Waals surface area contributed by atoms with Crippen LogP contribution in [0.15, 0.2) is 18.2 Å². The Kier molecular flexibility index (Phi) is 4.55. The molecule has 2 rings (SSSR count). The van der Waals surface area contributed by atoms with Crippen LogP contribution in [-0.4, -0.2) is 18.5 Å². The molecule has 0 atom stereocenters. The fourth-order valence-corrected chi connectivity index (χ4v) is 2.04. The molecule has 0 saturated carbocycles. The number of ether oxygens (including phenoxy) is 2. The van der Waals surface area contributed by atoms with Crippen molar-refractivity contribution in [2.45, 2.75) is 39.2 Å². The highest BCUT2D eigenvalue weighted by atomic mass is 16.5. The highest BCUT2D eigenvalue weighted by Crippen LogP contribution is 2.21. The summed E-state index contributed by atoms with van der Waals surface area (Å²) in [5.41, 5.74) is 1.78. The lowest BCUT2D eigenvalue weighted by atomic mass is 10.1. The number of esters is 2. The van der Waals surface area contributed by atoms with Gasteiger partial charge in [0, 0.05) is 5.56 Å². The van der Waals surface area contributed by atoms with E-state index in [0.717, 1.165) is 31.2 Å². The lowest BCUT2D eigenvalue weighted by Crippen LogP contribution is -2.07. The molecule has 0 N–H and O–H groups in total. The third kappa shape index (κ3) is 3.34. The second-order valence-electron chi connectivity index (χ2n) is 4.64. The zero-order valence-corrected chi connectivity index (χ0v) is 11.1. The molecule has 0 radical (unpaired) electrons. The fourth-order valence-electron chi connectivity index (χ4n) is 2.04. The second-order valence-corrected chi connectivity index (χ2v) is 4.64. The molecule has 0 spiro atoms. The maximum atomic E-state index is 11.8. The molecule has 1 aromatic rings. The number of benzene rings is 1. The first-order valence-electron chi connectivity index (χ1n) is 6.69. The van der Waals surface area contributed by atoms with E-state index in [9.17, 15) is 9.59 Å². The van der Waals surface area contributed by atoms with Gasteiger partial charge in [0.25, 0.3) is 0 Å².